The lowest BCUT2D eigenvalue weighted by atomic mass is 9.94. The van der Waals surface area contributed by atoms with Gasteiger partial charge in [0.15, 0.2) is 5.05 Å². The molecule has 0 unspecified atom stereocenters. The Morgan fingerprint density at radius 1 is 1.12 bits per heavy atom. The van der Waals surface area contributed by atoms with Crippen LogP contribution in [0.4, 0.5) is 4.79 Å². The van der Waals surface area contributed by atoms with E-state index in [4.69, 9.17) is 21.8 Å². The number of rotatable bonds is 3. The number of hydrogen-bond acceptors (Lipinski definition) is 5. The topological polar surface area (TPSA) is 54.0 Å². The molecule has 136 valence electrons. The van der Waals surface area contributed by atoms with Crippen molar-refractivity contribution in [2.24, 2.45) is 0 Å². The van der Waals surface area contributed by atoms with Crippen molar-refractivity contribution >= 4 is 23.3 Å². The number of ether oxygens (including phenoxy) is 1. The summed E-state index contributed by atoms with van der Waals surface area (Å²) in [6.07, 6.45) is 0.521. The van der Waals surface area contributed by atoms with E-state index in [1.54, 1.807) is 19.1 Å². The predicted octanol–water partition coefficient (Wildman–Crippen LogP) is 4.04. The first-order valence-corrected chi connectivity index (χ1v) is 8.75. The molecule has 1 N–H and O–H groups in total. The maximum atomic E-state index is 12.9. The predicted molar refractivity (Wildman–Crippen MR) is 103 cm³/mol. The van der Waals surface area contributed by atoms with E-state index in [1.165, 1.54) is 5.06 Å². The lowest BCUT2D eigenvalue weighted by Gasteiger charge is -2.36. The molecule has 0 saturated heterocycles. The van der Waals surface area contributed by atoms with Crippen molar-refractivity contribution in [1.29, 1.82) is 0 Å². The summed E-state index contributed by atoms with van der Waals surface area (Å²) in [6, 6.07) is 14.3. The van der Waals surface area contributed by atoms with Crippen molar-refractivity contribution in [1.82, 2.24) is 15.5 Å². The summed E-state index contributed by atoms with van der Waals surface area (Å²) in [5.74, 6) is 1.37. The van der Waals surface area contributed by atoms with Crippen LogP contribution in [0.5, 0.6) is 11.5 Å². The highest BCUT2D eigenvalue weighted by Gasteiger charge is 2.36. The highest BCUT2D eigenvalue weighted by molar-refractivity contribution is 7.80. The fourth-order valence-electron chi connectivity index (χ4n) is 2.76. The normalized spacial score (nSPS) is 12.6. The summed E-state index contributed by atoms with van der Waals surface area (Å²) >= 11 is 5.24. The number of hydrazine groups is 1. The van der Waals surface area contributed by atoms with Crippen LogP contribution in [-0.2, 0) is 4.84 Å². The van der Waals surface area contributed by atoms with Crippen LogP contribution in [0.25, 0.3) is 0 Å². The smallest absolute Gasteiger partial charge is 0.365 e. The number of carbonyl (C=O) groups is 1. The molecule has 0 radical (unpaired) electrons. The Balaban J connectivity index is 2.10. The van der Waals surface area contributed by atoms with Gasteiger partial charge in [0.1, 0.15) is 17.5 Å². The lowest BCUT2D eigenvalue weighted by Crippen LogP contribution is -2.48. The van der Waals surface area contributed by atoms with E-state index in [9.17, 15) is 4.79 Å². The second kappa shape index (κ2) is 7.72. The van der Waals surface area contributed by atoms with Gasteiger partial charge in [-0.2, -0.15) is 0 Å². The van der Waals surface area contributed by atoms with Gasteiger partial charge in [-0.25, -0.2) is 9.80 Å². The van der Waals surface area contributed by atoms with E-state index >= 15 is 0 Å². The van der Waals surface area contributed by atoms with Gasteiger partial charge in [0.2, 0.25) is 0 Å². The van der Waals surface area contributed by atoms with Crippen molar-refractivity contribution in [2.45, 2.75) is 19.4 Å². The third-order valence-electron chi connectivity index (χ3n) is 3.89. The maximum Gasteiger partial charge on any atom is 0.365 e. The number of fused-ring (bicyclic) bond motifs is 2. The van der Waals surface area contributed by atoms with Gasteiger partial charge in [-0.05, 0) is 24.4 Å². The van der Waals surface area contributed by atoms with Crippen molar-refractivity contribution < 1.29 is 14.4 Å². The Morgan fingerprint density at radius 2 is 1.65 bits per heavy atom. The summed E-state index contributed by atoms with van der Waals surface area (Å²) < 4.78 is 5.99. The Labute approximate surface area is 158 Å². The van der Waals surface area contributed by atoms with Gasteiger partial charge >= 0.3 is 6.03 Å². The molecule has 0 aromatic heterocycles. The molecule has 26 heavy (non-hydrogen) atoms. The number of para-hydroxylation sites is 2. The van der Waals surface area contributed by atoms with E-state index in [2.05, 4.69) is 5.43 Å². The standard InChI is InChI=1S/C19H21N3O3S/c1-4-17(26)25-22(19(23)20-21(2)3)18-13-9-5-7-11-15(13)24-16-12-8-6-10-14(16)18/h5-12,18H,4H2,1-3H3,(H,20,23). The number of urea groups is 1. The molecular formula is C19H21N3O3S. The van der Waals surface area contributed by atoms with Gasteiger partial charge in [-0.3, -0.25) is 5.43 Å². The summed E-state index contributed by atoms with van der Waals surface area (Å²) in [6.45, 7) is 1.89. The molecule has 7 heteroatoms. The van der Waals surface area contributed by atoms with Gasteiger partial charge in [-0.15, -0.1) is 5.06 Å². The van der Waals surface area contributed by atoms with Gasteiger partial charge in [0.25, 0.3) is 0 Å². The molecule has 1 heterocycles. The minimum absolute atomic E-state index is 0.334. The minimum atomic E-state index is -0.486. The number of carbonyl (C=O) groups excluding carboxylic acids is 1. The zero-order valence-corrected chi connectivity index (χ0v) is 15.7. The third kappa shape index (κ3) is 3.63. The highest BCUT2D eigenvalue weighted by Crippen LogP contribution is 2.45. The Morgan fingerprint density at radius 3 is 2.15 bits per heavy atom. The maximum absolute atomic E-state index is 12.9. The van der Waals surface area contributed by atoms with Gasteiger partial charge in [0, 0.05) is 31.6 Å². The molecule has 0 fully saturated rings. The number of amides is 2. The number of thiocarbonyl (C=S) groups is 1. The molecule has 0 saturated carbocycles. The van der Waals surface area contributed by atoms with E-state index < -0.39 is 12.1 Å². The molecule has 0 spiro atoms. The first-order valence-electron chi connectivity index (χ1n) is 8.35. The SMILES string of the molecule is CCC(=S)ON(C(=O)NN(C)C)C1c2ccccc2Oc2ccccc21. The van der Waals surface area contributed by atoms with Crippen LogP contribution in [0.1, 0.15) is 30.5 Å². The van der Waals surface area contributed by atoms with Gasteiger partial charge in [0.05, 0.1) is 0 Å². The van der Waals surface area contributed by atoms with Crippen LogP contribution in [0, 0.1) is 0 Å². The van der Waals surface area contributed by atoms with E-state index in [-0.39, 0.29) is 0 Å². The average Bonchev–Trinajstić information content (AvgIpc) is 2.63. The molecule has 0 bridgehead atoms. The summed E-state index contributed by atoms with van der Waals surface area (Å²) in [4.78, 5) is 18.7. The third-order valence-corrected chi connectivity index (χ3v) is 4.25. The zero-order valence-electron chi connectivity index (χ0n) is 14.9. The molecule has 2 amide bonds. The number of nitrogens with one attached hydrogen (secondary N) is 1. The molecule has 6 nitrogen and oxygen atoms in total. The second-order valence-corrected chi connectivity index (χ2v) is 6.49. The fraction of sp³-hybridized carbons (Fsp3) is 0.263. The lowest BCUT2D eigenvalue weighted by molar-refractivity contribution is -0.0577. The van der Waals surface area contributed by atoms with Gasteiger partial charge < -0.3 is 9.57 Å². The van der Waals surface area contributed by atoms with E-state index in [0.29, 0.717) is 23.0 Å². The first-order chi connectivity index (χ1) is 12.5. The largest absolute Gasteiger partial charge is 0.457 e. The second-order valence-electron chi connectivity index (χ2n) is 6.03. The Kier molecular flexibility index (Phi) is 5.39. The molecule has 3 rings (SSSR count). The molecular weight excluding hydrogens is 350 g/mol. The molecule has 2 aromatic rings. The van der Waals surface area contributed by atoms with Crippen molar-refractivity contribution in [2.75, 3.05) is 14.1 Å². The monoisotopic (exact) mass is 371 g/mol. The van der Waals surface area contributed by atoms with Crippen LogP contribution in [0.15, 0.2) is 48.5 Å². The Bertz CT molecular complexity index is 780. The number of benzene rings is 2. The number of hydroxylamine groups is 2. The Hall–Kier alpha value is -2.64. The van der Waals surface area contributed by atoms with E-state index in [1.807, 2.05) is 55.5 Å². The fourth-order valence-corrected chi connectivity index (χ4v) is 2.84. The molecule has 1 aliphatic rings. The molecule has 1 aliphatic heterocycles. The minimum Gasteiger partial charge on any atom is -0.457 e. The van der Waals surface area contributed by atoms with Crippen molar-refractivity contribution in [3.8, 4) is 11.5 Å². The van der Waals surface area contributed by atoms with Crippen LogP contribution in [0.3, 0.4) is 0 Å². The van der Waals surface area contributed by atoms with Crippen molar-refractivity contribution in [3.63, 3.8) is 0 Å². The van der Waals surface area contributed by atoms with E-state index in [0.717, 1.165) is 11.1 Å². The van der Waals surface area contributed by atoms with Crippen LogP contribution in [0.2, 0.25) is 0 Å². The van der Waals surface area contributed by atoms with Crippen molar-refractivity contribution in [3.05, 3.63) is 59.7 Å². The zero-order chi connectivity index (χ0) is 18.7. The average molecular weight is 371 g/mol. The quantitative estimate of drug-likeness (QED) is 0.652. The first kappa shape index (κ1) is 18.2. The molecule has 0 aliphatic carbocycles. The summed E-state index contributed by atoms with van der Waals surface area (Å²) in [5, 5.41) is 3.18. The van der Waals surface area contributed by atoms with Crippen LogP contribution >= 0.6 is 12.2 Å². The number of hydrogen-bond donors (Lipinski definition) is 1. The molecule has 2 aromatic carbocycles. The van der Waals surface area contributed by atoms with Crippen LogP contribution in [-0.4, -0.2) is 35.2 Å². The van der Waals surface area contributed by atoms with Crippen LogP contribution < -0.4 is 10.2 Å². The highest BCUT2D eigenvalue weighted by atomic mass is 32.1. The number of nitrogens with zero attached hydrogens (tertiary/aromatic N) is 2. The van der Waals surface area contributed by atoms with Gasteiger partial charge in [-0.1, -0.05) is 43.3 Å². The molecule has 0 atom stereocenters. The summed E-state index contributed by atoms with van der Waals surface area (Å²) in [7, 11) is 3.47. The summed E-state index contributed by atoms with van der Waals surface area (Å²) in [5.41, 5.74) is 4.39.